The molecule has 740 valence electrons. The van der Waals surface area contributed by atoms with Crippen molar-refractivity contribution in [2.24, 2.45) is 45.5 Å². The van der Waals surface area contributed by atoms with E-state index in [2.05, 4.69) is 71.8 Å². The number of aromatic amines is 2. The highest BCUT2D eigenvalue weighted by Crippen LogP contribution is 2.68. The number of nitrogens with one attached hydrogen (secondary N) is 8. The van der Waals surface area contributed by atoms with E-state index in [-0.39, 0.29) is 122 Å². The van der Waals surface area contributed by atoms with Crippen molar-refractivity contribution in [2.75, 3.05) is 102 Å². The van der Waals surface area contributed by atoms with Gasteiger partial charge in [0.15, 0.2) is 34.3 Å². The number of aromatic nitrogens is 5. The van der Waals surface area contributed by atoms with Crippen LogP contribution < -0.4 is 58.8 Å². The van der Waals surface area contributed by atoms with E-state index in [9.17, 15) is 88.2 Å². The van der Waals surface area contributed by atoms with Crippen LogP contribution in [0.1, 0.15) is 161 Å². The van der Waals surface area contributed by atoms with E-state index in [0.717, 1.165) is 43.7 Å². The van der Waals surface area contributed by atoms with Gasteiger partial charge in [0.1, 0.15) is 41.3 Å². The number of ketones is 4. The zero-order chi connectivity index (χ0) is 100. The molecule has 5 aliphatic heterocycles. The second-order valence-corrected chi connectivity index (χ2v) is 37.9. The number of hydrazine groups is 1. The van der Waals surface area contributed by atoms with Gasteiger partial charge >= 0.3 is 42.1 Å². The van der Waals surface area contributed by atoms with Crippen molar-refractivity contribution in [2.45, 2.75) is 189 Å². The Hall–Kier alpha value is -12.6. The fraction of sp³-hybridized carbons (Fsp3) is 0.533. The number of carboxylic acids is 4. The number of methoxy groups -OCH3 is 2. The normalized spacial score (nSPS) is 23.1. The van der Waals surface area contributed by atoms with Crippen molar-refractivity contribution in [1.82, 2.24) is 61.5 Å². The van der Waals surface area contributed by atoms with Crippen LogP contribution in [-0.2, 0) is 95.6 Å². The van der Waals surface area contributed by atoms with Gasteiger partial charge in [-0.2, -0.15) is 9.59 Å². The largest absolute Gasteiger partial charge is 0.496 e. The van der Waals surface area contributed by atoms with Crippen molar-refractivity contribution in [3.05, 3.63) is 129 Å². The third-order valence-electron chi connectivity index (χ3n) is 26.6. The van der Waals surface area contributed by atoms with Crippen LogP contribution in [0.2, 0.25) is 0 Å². The number of hydrogen-bond donors (Lipinski definition) is 17. The van der Waals surface area contributed by atoms with Gasteiger partial charge in [0, 0.05) is 151 Å². The molecular weight excluding hydrogens is 1820 g/mol. The predicted octanol–water partition coefficient (Wildman–Crippen LogP) is 2.90. The summed E-state index contributed by atoms with van der Waals surface area (Å²) in [5.41, 5.74) is 13.6. The molecule has 1 spiro atoms. The van der Waals surface area contributed by atoms with Crippen LogP contribution in [0.3, 0.4) is 0 Å². The lowest BCUT2D eigenvalue weighted by atomic mass is 9.47. The van der Waals surface area contributed by atoms with Crippen molar-refractivity contribution < 1.29 is 122 Å². The molecule has 3 aromatic heterocycles. The van der Waals surface area contributed by atoms with Gasteiger partial charge < -0.3 is 97.6 Å². The second kappa shape index (κ2) is 47.0. The van der Waals surface area contributed by atoms with Gasteiger partial charge in [-0.25, -0.2) is 25.2 Å². The number of aliphatic hydroxyl groups is 3. The van der Waals surface area contributed by atoms with E-state index < -0.39 is 160 Å². The van der Waals surface area contributed by atoms with Crippen molar-refractivity contribution in [3.63, 3.8) is 0 Å². The number of nitrogens with two attached hydrogens (primary N) is 2. The number of anilines is 2. The number of para-hydroxylation sites is 1. The number of aliphatic hydroxyl groups excluding tert-OH is 1. The van der Waals surface area contributed by atoms with E-state index >= 15 is 9.59 Å². The molecule has 137 heavy (non-hydrogen) atoms. The number of aliphatic imine (C=N–C) groups is 1. The lowest BCUT2D eigenvalue weighted by Crippen LogP contribution is -2.82. The fourth-order valence-electron chi connectivity index (χ4n) is 20.4. The summed E-state index contributed by atoms with van der Waals surface area (Å²) >= 11 is 0. The van der Waals surface area contributed by atoms with Crippen LogP contribution in [0.4, 0.5) is 16.2 Å². The number of carboxylic acid groups (broad SMARTS) is 4. The Labute approximate surface area is 795 Å². The smallest absolute Gasteiger partial charge is 0.426 e. The number of Topliss-reactive ketones (excluding diaryl/α,β-unsaturated/α-hetero) is 4. The van der Waals surface area contributed by atoms with Crippen molar-refractivity contribution >= 4 is 144 Å². The Morgan fingerprint density at radius 2 is 1.49 bits per heavy atom. The number of nitrogens with zero attached hydrogens (tertiary/aromatic N) is 7. The third-order valence-corrected chi connectivity index (χ3v) is 29.1. The average molecular weight is 1940 g/mol. The summed E-state index contributed by atoms with van der Waals surface area (Å²) in [5, 5.41) is 88.8. The van der Waals surface area contributed by atoms with Crippen LogP contribution in [0, 0.1) is 36.0 Å². The molecule has 15 atom stereocenters. The number of H-pyrrole nitrogens is 2. The number of hydrogen-bond acceptors (Lipinski definition) is 33. The van der Waals surface area contributed by atoms with E-state index in [0.29, 0.717) is 123 Å². The fourth-order valence-corrected chi connectivity index (χ4v) is 22.5. The highest BCUT2D eigenvalue weighted by atomic mass is 33.1. The van der Waals surface area contributed by atoms with E-state index in [4.69, 9.17) is 40.4 Å². The molecule has 8 heterocycles. The first-order valence-electron chi connectivity index (χ1n) is 44.9. The quantitative estimate of drug-likeness (QED) is 0.00498. The first-order chi connectivity index (χ1) is 65.2. The SMILES string of the molecule is CC(=O)[C@H](CC(=O)O)CC(=O)CCCNC(=O)c1ccc(NCc2cnc3nc(C)[nH]c(=O)c3n2)cc1.CC[C@]1(O)C[C@H]2CN(CCc3c([nH]c4ccccc34)[C@@](C(=O)OC)(c3cc4c(cc3OC)N(C)[C@H]3[C@@](O)(C(=O)NNC(=O)OCCSSC[C@H](CC(=O)[C@H](CC(=O)O)NC(=O)[C@H](CC(=O)O)CC(=O)[C@H](CCCN=C(N)N)NC)C(=O)O)[C@H](O)[C@]5(CC)C=CCN6CC[C@]43[C@@H]65)C2)C1.O=C=O. The summed E-state index contributed by atoms with van der Waals surface area (Å²) in [7, 11) is 8.15. The third kappa shape index (κ3) is 24.3. The van der Waals surface area contributed by atoms with Crippen molar-refractivity contribution in [3.8, 4) is 5.75 Å². The zero-order valence-corrected chi connectivity index (χ0v) is 78.9. The molecule has 6 aromatic rings. The Bertz CT molecular complexity index is 5650. The molecule has 4 amide bonds. The summed E-state index contributed by atoms with van der Waals surface area (Å²) in [4.78, 5) is 225. The number of carbonyl (C=O) groups is 13. The number of fused-ring (bicyclic) bond motifs is 7. The minimum absolute atomic E-state index is 0.0439. The Morgan fingerprint density at radius 1 is 0.796 bits per heavy atom. The summed E-state index contributed by atoms with van der Waals surface area (Å²) in [6, 6.07) is 14.2. The van der Waals surface area contributed by atoms with E-state index in [1.54, 1.807) is 49.3 Å². The Balaban J connectivity index is 0.000000402. The molecule has 43 nitrogen and oxygen atoms in total. The number of ether oxygens (including phenoxy) is 3. The van der Waals surface area contributed by atoms with Gasteiger partial charge in [0.2, 0.25) is 5.91 Å². The number of likely N-dealkylation sites (N-methyl/N-ethyl adjacent to an activating group) is 2. The van der Waals surface area contributed by atoms with Gasteiger partial charge in [-0.1, -0.05) is 65.8 Å². The van der Waals surface area contributed by atoms with Crippen LogP contribution >= 0.6 is 21.6 Å². The molecule has 3 aromatic carbocycles. The molecule has 0 radical (unpaired) electrons. The molecule has 2 bridgehead atoms. The van der Waals surface area contributed by atoms with Gasteiger partial charge in [0.25, 0.3) is 17.4 Å². The van der Waals surface area contributed by atoms with E-state index in [1.165, 1.54) is 28.2 Å². The molecule has 1 aliphatic carbocycles. The maximum atomic E-state index is 15.6. The van der Waals surface area contributed by atoms with Gasteiger partial charge in [-0.05, 0) is 139 Å². The zero-order valence-electron chi connectivity index (χ0n) is 77.3. The van der Waals surface area contributed by atoms with Crippen LogP contribution in [0.5, 0.6) is 5.75 Å². The summed E-state index contributed by atoms with van der Waals surface area (Å²) in [6.07, 6.45) is 2.52. The molecular formula is C92H119N17O26S2. The van der Waals surface area contributed by atoms with Gasteiger partial charge in [-0.3, -0.25) is 82.5 Å². The number of amides is 4. The van der Waals surface area contributed by atoms with Crippen LogP contribution in [0.25, 0.3) is 22.1 Å². The standard InChI is InChI=1S/C66H91N11O18S2.C25H28N6O6.CO2/c1-7-62(91)31-36-32-65(59(89)94-6,52-40(16-21-76(33-36)35-62)39-13-9-10-14-43(39)71-52)42-28-41-46(30-49(42)93-5)75(4)56-64(41)18-22-77-20-12-17-63(8-2,55(64)77)57(87)66(56,92)58(88)73-74-61(90)95-23-24-96-97-34-38(54(85)86)26-48(79)45(29-51(82)83)72-53(84)37(27-50(80)81)25-47(78)44(69-3)15-11-19-70-60(67)68;1-14(32)17(11-21(34)35)10-20(33)4-3-9-26-24(36)16-5-7-18(8-6-16)27-12-19-13-28-23-22(31-19)25(37)30-15(2)29-23;2-1-3/h9-10,12-14,17,28,30,36-38,44-45,55-57,69,71,87,91-92H,7-8,11,15-16,18-27,29,31-35H2,1-6H3,(H,72,84)(H,73,88)(H,74,90)(H,80,81)(H,82,83)(H,85,86)(H4,67,68,70);5-8,13,17,27H,3-4,9-12H2,1-2H3,(H,26,36)(H,34,35)(H,28,29,30,37);/t36-,37+,38+,44+,45+,55+,56-,57-,62+,63-,64-,65+,66+;17-;/m10./s1. The lowest BCUT2D eigenvalue weighted by Gasteiger charge is -2.63. The summed E-state index contributed by atoms with van der Waals surface area (Å²) < 4.78 is 17.7. The second-order valence-electron chi connectivity index (χ2n) is 35.3. The Morgan fingerprint density at radius 3 is 2.15 bits per heavy atom. The predicted molar refractivity (Wildman–Crippen MR) is 499 cm³/mol. The topological polar surface area (TPSA) is 659 Å². The number of aliphatic carboxylic acids is 4. The van der Waals surface area contributed by atoms with Crippen LogP contribution in [0.15, 0.2) is 88.8 Å². The molecule has 45 heteroatoms. The number of esters is 1. The minimum Gasteiger partial charge on any atom is -0.496 e. The molecule has 2 saturated heterocycles. The molecule has 6 aliphatic rings. The number of aryl methyl sites for hydroxylation is 1. The lowest BCUT2D eigenvalue weighted by molar-refractivity contribution is -0.204. The molecule has 19 N–H and O–H groups in total. The first-order valence-corrected chi connectivity index (χ1v) is 47.4. The van der Waals surface area contributed by atoms with Crippen LogP contribution in [-0.4, -0.2) is 293 Å². The van der Waals surface area contributed by atoms with Gasteiger partial charge in [-0.15, -0.1) is 0 Å². The number of carbonyl (C=O) groups excluding carboxylic acids is 11. The maximum Gasteiger partial charge on any atom is 0.426 e. The highest BCUT2D eigenvalue weighted by Gasteiger charge is 2.79. The summed E-state index contributed by atoms with van der Waals surface area (Å²) in [5.74, 6) is -14.2. The molecule has 1 saturated carbocycles. The number of benzene rings is 3. The first kappa shape index (κ1) is 106. The average Bonchev–Trinajstić information content (AvgIpc) is 1.48. The van der Waals surface area contributed by atoms with E-state index in [1.807, 2.05) is 62.4 Å². The number of piperidine rings is 1. The number of guanidine groups is 1. The highest BCUT2D eigenvalue weighted by molar-refractivity contribution is 8.76. The Kier molecular flexibility index (Phi) is 36.5. The van der Waals surface area contributed by atoms with Crippen molar-refractivity contribution in [1.29, 1.82) is 0 Å². The maximum absolute atomic E-state index is 15.6. The minimum atomic E-state index is -2.68. The molecule has 1 unspecified atom stereocenters. The monoisotopic (exact) mass is 1940 g/mol. The molecule has 3 fully saturated rings. The summed E-state index contributed by atoms with van der Waals surface area (Å²) in [6.45, 7) is 10.0. The van der Waals surface area contributed by atoms with Gasteiger partial charge in [0.05, 0.1) is 87.5 Å². The number of rotatable bonds is 43. The molecule has 12 rings (SSSR count).